The molecule has 4 nitrogen and oxygen atoms in total. The van der Waals surface area contributed by atoms with E-state index in [1.54, 1.807) is 0 Å². The van der Waals surface area contributed by atoms with E-state index in [0.717, 1.165) is 18.0 Å². The maximum Gasteiger partial charge on any atom is 0.0759 e. The molecule has 2 fully saturated rings. The summed E-state index contributed by atoms with van der Waals surface area (Å²) in [5.41, 5.74) is 1.04. The van der Waals surface area contributed by atoms with Crippen LogP contribution in [-0.4, -0.2) is 57.0 Å². The SMILES string of the molecule is CN1CCSCC1C(O)Cc1ccn(C2CCCCC2)n1. The van der Waals surface area contributed by atoms with E-state index in [4.69, 9.17) is 5.10 Å². The van der Waals surface area contributed by atoms with E-state index in [-0.39, 0.29) is 12.1 Å². The second kappa shape index (κ2) is 7.16. The summed E-state index contributed by atoms with van der Waals surface area (Å²) in [4.78, 5) is 2.29. The molecule has 0 radical (unpaired) electrons. The van der Waals surface area contributed by atoms with Crippen molar-refractivity contribution in [2.24, 2.45) is 0 Å². The van der Waals surface area contributed by atoms with Gasteiger partial charge in [-0.2, -0.15) is 16.9 Å². The smallest absolute Gasteiger partial charge is 0.0759 e. The van der Waals surface area contributed by atoms with Crippen LogP contribution in [0.1, 0.15) is 43.8 Å². The van der Waals surface area contributed by atoms with Crippen molar-refractivity contribution in [3.8, 4) is 0 Å². The Labute approximate surface area is 131 Å². The molecule has 3 rings (SSSR count). The Morgan fingerprint density at radius 3 is 2.95 bits per heavy atom. The van der Waals surface area contributed by atoms with Gasteiger partial charge in [0.15, 0.2) is 0 Å². The lowest BCUT2D eigenvalue weighted by Gasteiger charge is -2.35. The average molecular weight is 309 g/mol. The molecule has 1 aliphatic heterocycles. The van der Waals surface area contributed by atoms with Gasteiger partial charge in [0.2, 0.25) is 0 Å². The van der Waals surface area contributed by atoms with E-state index >= 15 is 0 Å². The van der Waals surface area contributed by atoms with Gasteiger partial charge in [0.1, 0.15) is 0 Å². The summed E-state index contributed by atoms with van der Waals surface area (Å²) in [6.45, 7) is 1.07. The first-order chi connectivity index (χ1) is 10.2. The van der Waals surface area contributed by atoms with E-state index in [1.165, 1.54) is 37.9 Å². The minimum absolute atomic E-state index is 0.267. The number of aliphatic hydroxyl groups excluding tert-OH is 1. The fourth-order valence-corrected chi connectivity index (χ4v) is 4.80. The van der Waals surface area contributed by atoms with Gasteiger partial charge < -0.3 is 5.11 Å². The number of aliphatic hydroxyl groups is 1. The third-order valence-corrected chi connectivity index (χ3v) is 5.97. The lowest BCUT2D eigenvalue weighted by Crippen LogP contribution is -2.47. The largest absolute Gasteiger partial charge is 0.391 e. The Kier molecular flexibility index (Phi) is 5.24. The first kappa shape index (κ1) is 15.4. The molecule has 2 aliphatic rings. The molecule has 1 saturated heterocycles. The van der Waals surface area contributed by atoms with Crippen LogP contribution in [0.15, 0.2) is 12.3 Å². The molecule has 2 atom stereocenters. The fourth-order valence-electron chi connectivity index (χ4n) is 3.50. The van der Waals surface area contributed by atoms with Crippen LogP contribution in [-0.2, 0) is 6.42 Å². The molecule has 2 heterocycles. The van der Waals surface area contributed by atoms with E-state index < -0.39 is 0 Å². The Bertz CT molecular complexity index is 444. The Balaban J connectivity index is 1.58. The van der Waals surface area contributed by atoms with Crippen molar-refractivity contribution in [1.29, 1.82) is 0 Å². The fraction of sp³-hybridized carbons (Fsp3) is 0.812. The van der Waals surface area contributed by atoms with Crippen LogP contribution in [0.4, 0.5) is 0 Å². The molecule has 0 bridgehead atoms. The Morgan fingerprint density at radius 1 is 1.38 bits per heavy atom. The number of rotatable bonds is 4. The summed E-state index contributed by atoms with van der Waals surface area (Å²) >= 11 is 1.95. The van der Waals surface area contributed by atoms with E-state index in [1.807, 2.05) is 11.8 Å². The van der Waals surface area contributed by atoms with Crippen molar-refractivity contribution in [2.75, 3.05) is 25.1 Å². The zero-order chi connectivity index (χ0) is 14.7. The zero-order valence-electron chi connectivity index (χ0n) is 12.9. The monoisotopic (exact) mass is 309 g/mol. The second-order valence-electron chi connectivity index (χ2n) is 6.47. The number of hydrogen-bond donors (Lipinski definition) is 1. The third kappa shape index (κ3) is 3.82. The minimum atomic E-state index is -0.308. The molecule has 1 N–H and O–H groups in total. The van der Waals surface area contributed by atoms with Crippen molar-refractivity contribution < 1.29 is 5.11 Å². The van der Waals surface area contributed by atoms with Crippen molar-refractivity contribution >= 4 is 11.8 Å². The summed E-state index contributed by atoms with van der Waals surface area (Å²) in [7, 11) is 2.12. The van der Waals surface area contributed by atoms with Crippen LogP contribution in [0.2, 0.25) is 0 Å². The van der Waals surface area contributed by atoms with E-state index in [2.05, 4.69) is 28.9 Å². The highest BCUT2D eigenvalue weighted by Crippen LogP contribution is 2.27. The molecule has 1 saturated carbocycles. The third-order valence-electron chi connectivity index (χ3n) is 4.92. The molecule has 1 aromatic rings. The lowest BCUT2D eigenvalue weighted by atomic mass is 9.96. The van der Waals surface area contributed by atoms with Gasteiger partial charge in [0, 0.05) is 36.7 Å². The summed E-state index contributed by atoms with van der Waals surface area (Å²) in [6, 6.07) is 2.94. The first-order valence-electron chi connectivity index (χ1n) is 8.24. The number of thioether (sulfide) groups is 1. The van der Waals surface area contributed by atoms with Gasteiger partial charge in [-0.3, -0.25) is 9.58 Å². The normalized spacial score (nSPS) is 26.9. The van der Waals surface area contributed by atoms with Crippen LogP contribution in [0.5, 0.6) is 0 Å². The zero-order valence-corrected chi connectivity index (χ0v) is 13.8. The number of aromatic nitrogens is 2. The van der Waals surface area contributed by atoms with Gasteiger partial charge in [-0.05, 0) is 26.0 Å². The molecular formula is C16H27N3OS. The topological polar surface area (TPSA) is 41.3 Å². The minimum Gasteiger partial charge on any atom is -0.391 e. The highest BCUT2D eigenvalue weighted by atomic mass is 32.2. The van der Waals surface area contributed by atoms with Gasteiger partial charge in [0.25, 0.3) is 0 Å². The van der Waals surface area contributed by atoms with Crippen LogP contribution in [0.25, 0.3) is 0 Å². The van der Waals surface area contributed by atoms with Crippen LogP contribution in [0.3, 0.4) is 0 Å². The van der Waals surface area contributed by atoms with E-state index in [0.29, 0.717) is 12.5 Å². The Hall–Kier alpha value is -0.520. The summed E-state index contributed by atoms with van der Waals surface area (Å²) < 4.78 is 2.14. The van der Waals surface area contributed by atoms with Crippen molar-refractivity contribution in [3.05, 3.63) is 18.0 Å². The van der Waals surface area contributed by atoms with Crippen LogP contribution >= 0.6 is 11.8 Å². The maximum atomic E-state index is 10.5. The molecule has 0 amide bonds. The lowest BCUT2D eigenvalue weighted by molar-refractivity contribution is 0.0754. The summed E-state index contributed by atoms with van der Waals surface area (Å²) in [6.07, 6.45) is 9.01. The Morgan fingerprint density at radius 2 is 2.19 bits per heavy atom. The quantitative estimate of drug-likeness (QED) is 0.927. The molecule has 0 aromatic carbocycles. The average Bonchev–Trinajstić information content (AvgIpc) is 2.97. The van der Waals surface area contributed by atoms with Crippen LogP contribution in [0, 0.1) is 0 Å². The highest BCUT2D eigenvalue weighted by Gasteiger charge is 2.27. The predicted octanol–water partition coefficient (Wildman–Crippen LogP) is 2.34. The van der Waals surface area contributed by atoms with Gasteiger partial charge in [-0.15, -0.1) is 0 Å². The van der Waals surface area contributed by atoms with Gasteiger partial charge in [-0.1, -0.05) is 19.3 Å². The van der Waals surface area contributed by atoms with Crippen molar-refractivity contribution in [2.45, 2.75) is 56.7 Å². The van der Waals surface area contributed by atoms with Crippen LogP contribution < -0.4 is 0 Å². The molecule has 5 heteroatoms. The summed E-state index contributed by atoms with van der Waals surface area (Å²) in [5, 5.41) is 15.2. The van der Waals surface area contributed by atoms with Crippen molar-refractivity contribution in [3.63, 3.8) is 0 Å². The number of likely N-dealkylation sites (N-methyl/N-ethyl adjacent to an activating group) is 1. The van der Waals surface area contributed by atoms with Gasteiger partial charge in [-0.25, -0.2) is 0 Å². The van der Waals surface area contributed by atoms with Crippen molar-refractivity contribution in [1.82, 2.24) is 14.7 Å². The first-order valence-corrected chi connectivity index (χ1v) is 9.39. The second-order valence-corrected chi connectivity index (χ2v) is 7.62. The molecule has 1 aliphatic carbocycles. The maximum absolute atomic E-state index is 10.5. The molecule has 21 heavy (non-hydrogen) atoms. The summed E-state index contributed by atoms with van der Waals surface area (Å²) in [5.74, 6) is 2.21. The van der Waals surface area contributed by atoms with Gasteiger partial charge >= 0.3 is 0 Å². The molecule has 1 aromatic heterocycles. The van der Waals surface area contributed by atoms with Gasteiger partial charge in [0.05, 0.1) is 17.8 Å². The highest BCUT2D eigenvalue weighted by molar-refractivity contribution is 7.99. The van der Waals surface area contributed by atoms with E-state index in [9.17, 15) is 5.11 Å². The molecular weight excluding hydrogens is 282 g/mol. The molecule has 118 valence electrons. The predicted molar refractivity (Wildman–Crippen MR) is 87.8 cm³/mol. The number of nitrogens with zero attached hydrogens (tertiary/aromatic N) is 3. The molecule has 2 unspecified atom stereocenters. The standard InChI is InChI=1S/C16H27N3OS/c1-18-9-10-21-12-15(18)16(20)11-13-7-8-19(17-13)14-5-3-2-4-6-14/h7-8,14-16,20H,2-6,9-12H2,1H3. The number of hydrogen-bond acceptors (Lipinski definition) is 4. The molecule has 0 spiro atoms.